The highest BCUT2D eigenvalue weighted by atomic mass is 16.3. The molecule has 0 amide bonds. The maximum Gasteiger partial charge on any atom is 0.227 e. The second-order valence-corrected chi connectivity index (χ2v) is 6.63. The van der Waals surface area contributed by atoms with Gasteiger partial charge in [-0.3, -0.25) is 0 Å². The summed E-state index contributed by atoms with van der Waals surface area (Å²) < 4.78 is 0. The Morgan fingerprint density at radius 3 is 2.41 bits per heavy atom. The molecule has 1 fully saturated rings. The van der Waals surface area contributed by atoms with Crippen LogP contribution < -0.4 is 10.2 Å². The first-order valence-corrected chi connectivity index (χ1v) is 8.96. The predicted octanol–water partition coefficient (Wildman–Crippen LogP) is 2.74. The fraction of sp³-hybridized carbons (Fsp3) is 0.250. The number of pyridine rings is 1. The molecule has 0 aliphatic carbocycles. The molecule has 138 valence electrons. The van der Waals surface area contributed by atoms with Crippen LogP contribution in [0.15, 0.2) is 54.9 Å². The Labute approximate surface area is 158 Å². The van der Waals surface area contributed by atoms with E-state index in [0.29, 0.717) is 5.95 Å². The minimum absolute atomic E-state index is 0.00778. The van der Waals surface area contributed by atoms with Crippen LogP contribution in [0.3, 0.4) is 0 Å². The number of benzene rings is 1. The van der Waals surface area contributed by atoms with E-state index in [1.54, 1.807) is 24.5 Å². The summed E-state index contributed by atoms with van der Waals surface area (Å²) in [6, 6.07) is 13.5. The lowest BCUT2D eigenvalue weighted by molar-refractivity contribution is 0.313. The molecule has 1 aromatic carbocycles. The summed E-state index contributed by atoms with van der Waals surface area (Å²) in [4.78, 5) is 17.5. The second kappa shape index (κ2) is 7.59. The zero-order valence-electron chi connectivity index (χ0n) is 15.2. The van der Waals surface area contributed by atoms with Crippen molar-refractivity contribution in [1.82, 2.24) is 19.9 Å². The maximum absolute atomic E-state index is 9.32. The molecule has 0 saturated carbocycles. The molecule has 7 heteroatoms. The van der Waals surface area contributed by atoms with Crippen LogP contribution in [0.4, 0.5) is 17.3 Å². The van der Waals surface area contributed by atoms with E-state index < -0.39 is 0 Å². The third kappa shape index (κ3) is 4.15. The number of aromatic hydroxyl groups is 1. The summed E-state index contributed by atoms with van der Waals surface area (Å²) >= 11 is 0. The number of hydrogen-bond acceptors (Lipinski definition) is 7. The van der Waals surface area contributed by atoms with E-state index in [-0.39, 0.29) is 5.88 Å². The Morgan fingerprint density at radius 2 is 1.70 bits per heavy atom. The van der Waals surface area contributed by atoms with Gasteiger partial charge in [0.2, 0.25) is 11.8 Å². The smallest absolute Gasteiger partial charge is 0.227 e. The molecule has 3 heterocycles. The molecule has 0 radical (unpaired) electrons. The molecule has 2 N–H and O–H groups in total. The first-order valence-electron chi connectivity index (χ1n) is 8.96. The van der Waals surface area contributed by atoms with Crippen molar-refractivity contribution in [3.05, 3.63) is 54.9 Å². The van der Waals surface area contributed by atoms with Crippen molar-refractivity contribution in [2.75, 3.05) is 43.4 Å². The quantitative estimate of drug-likeness (QED) is 0.739. The summed E-state index contributed by atoms with van der Waals surface area (Å²) in [6.07, 6.45) is 3.29. The van der Waals surface area contributed by atoms with Gasteiger partial charge in [-0.15, -0.1) is 0 Å². The fourth-order valence-electron chi connectivity index (χ4n) is 3.07. The predicted molar refractivity (Wildman–Crippen MR) is 106 cm³/mol. The van der Waals surface area contributed by atoms with Crippen molar-refractivity contribution >= 4 is 17.3 Å². The average molecular weight is 362 g/mol. The van der Waals surface area contributed by atoms with Gasteiger partial charge in [0.25, 0.3) is 0 Å². The van der Waals surface area contributed by atoms with Gasteiger partial charge < -0.3 is 20.2 Å². The summed E-state index contributed by atoms with van der Waals surface area (Å²) in [6.45, 7) is 4.28. The van der Waals surface area contributed by atoms with Crippen LogP contribution >= 0.6 is 0 Å². The lowest BCUT2D eigenvalue weighted by Gasteiger charge is -2.34. The number of likely N-dealkylation sites (N-methyl/N-ethyl adjacent to an activating group) is 1. The minimum atomic E-state index is -0.00778. The number of anilines is 3. The van der Waals surface area contributed by atoms with Gasteiger partial charge in [-0.1, -0.05) is 0 Å². The van der Waals surface area contributed by atoms with Gasteiger partial charge in [0, 0.05) is 61.6 Å². The highest BCUT2D eigenvalue weighted by Gasteiger charge is 2.14. The highest BCUT2D eigenvalue weighted by Crippen LogP contribution is 2.22. The largest absolute Gasteiger partial charge is 0.493 e. The van der Waals surface area contributed by atoms with Crippen molar-refractivity contribution < 1.29 is 5.11 Å². The first-order chi connectivity index (χ1) is 13.2. The Kier molecular flexibility index (Phi) is 4.84. The van der Waals surface area contributed by atoms with E-state index in [9.17, 15) is 5.11 Å². The van der Waals surface area contributed by atoms with E-state index in [0.717, 1.165) is 43.1 Å². The molecule has 2 aromatic heterocycles. The minimum Gasteiger partial charge on any atom is -0.493 e. The van der Waals surface area contributed by atoms with Crippen LogP contribution in [0.5, 0.6) is 5.88 Å². The van der Waals surface area contributed by atoms with Gasteiger partial charge in [0.15, 0.2) is 0 Å². The number of nitrogens with one attached hydrogen (secondary N) is 1. The van der Waals surface area contributed by atoms with Gasteiger partial charge in [-0.25, -0.2) is 15.0 Å². The zero-order valence-corrected chi connectivity index (χ0v) is 15.2. The SMILES string of the molecule is CN1CCN(c2ccc(Nc3nccc(-c4ccc(O)nc4)n3)cc2)CC1. The molecule has 1 aliphatic rings. The van der Waals surface area contributed by atoms with E-state index >= 15 is 0 Å². The Balaban J connectivity index is 1.46. The van der Waals surface area contributed by atoms with Crippen LogP contribution in [0.25, 0.3) is 11.3 Å². The van der Waals surface area contributed by atoms with Crippen molar-refractivity contribution in [3.8, 4) is 17.1 Å². The molecular formula is C20H22N6O. The van der Waals surface area contributed by atoms with E-state index in [1.807, 2.05) is 18.2 Å². The van der Waals surface area contributed by atoms with Crippen LogP contribution in [0, 0.1) is 0 Å². The molecular weight excluding hydrogens is 340 g/mol. The normalized spacial score (nSPS) is 14.9. The molecule has 0 atom stereocenters. The summed E-state index contributed by atoms with van der Waals surface area (Å²) in [7, 11) is 2.16. The number of piperazine rings is 1. The Morgan fingerprint density at radius 1 is 0.926 bits per heavy atom. The molecule has 27 heavy (non-hydrogen) atoms. The van der Waals surface area contributed by atoms with Crippen LogP contribution in [0.1, 0.15) is 0 Å². The standard InChI is InChI=1S/C20H22N6O/c1-25-10-12-26(13-11-25)17-5-3-16(4-6-17)23-20-21-9-8-18(24-20)15-2-7-19(27)22-14-15/h2-9,14H,10-13H2,1H3,(H,22,27)(H,21,23,24). The van der Waals surface area contributed by atoms with Crippen molar-refractivity contribution in [2.45, 2.75) is 0 Å². The van der Waals surface area contributed by atoms with Crippen molar-refractivity contribution in [1.29, 1.82) is 0 Å². The molecule has 0 unspecified atom stereocenters. The zero-order chi connectivity index (χ0) is 18.6. The Bertz CT molecular complexity index is 889. The summed E-state index contributed by atoms with van der Waals surface area (Å²) in [5, 5.41) is 12.6. The third-order valence-electron chi connectivity index (χ3n) is 4.69. The first kappa shape index (κ1) is 17.2. The summed E-state index contributed by atoms with van der Waals surface area (Å²) in [5.74, 6) is 0.513. The number of rotatable bonds is 4. The lowest BCUT2D eigenvalue weighted by Crippen LogP contribution is -2.44. The second-order valence-electron chi connectivity index (χ2n) is 6.63. The van der Waals surface area contributed by atoms with Gasteiger partial charge >= 0.3 is 0 Å². The van der Waals surface area contributed by atoms with Crippen LogP contribution in [-0.2, 0) is 0 Å². The molecule has 0 spiro atoms. The number of aromatic nitrogens is 3. The average Bonchev–Trinajstić information content (AvgIpc) is 2.70. The molecule has 3 aromatic rings. The molecule has 0 bridgehead atoms. The third-order valence-corrected chi connectivity index (χ3v) is 4.69. The van der Waals surface area contributed by atoms with Crippen LogP contribution in [-0.4, -0.2) is 58.2 Å². The maximum atomic E-state index is 9.32. The van der Waals surface area contributed by atoms with Crippen LogP contribution in [0.2, 0.25) is 0 Å². The lowest BCUT2D eigenvalue weighted by atomic mass is 10.2. The monoisotopic (exact) mass is 362 g/mol. The molecule has 1 saturated heterocycles. The van der Waals surface area contributed by atoms with E-state index in [1.165, 1.54) is 5.69 Å². The van der Waals surface area contributed by atoms with Gasteiger partial charge in [0.05, 0.1) is 5.69 Å². The molecule has 1 aliphatic heterocycles. The van der Waals surface area contributed by atoms with E-state index in [4.69, 9.17) is 0 Å². The topological polar surface area (TPSA) is 77.4 Å². The number of nitrogens with zero attached hydrogens (tertiary/aromatic N) is 5. The van der Waals surface area contributed by atoms with Crippen molar-refractivity contribution in [2.24, 2.45) is 0 Å². The number of hydrogen-bond donors (Lipinski definition) is 2. The highest BCUT2D eigenvalue weighted by molar-refractivity contribution is 5.63. The molecule has 7 nitrogen and oxygen atoms in total. The Hall–Kier alpha value is -3.19. The van der Waals surface area contributed by atoms with Gasteiger partial charge in [-0.2, -0.15) is 0 Å². The van der Waals surface area contributed by atoms with Gasteiger partial charge in [-0.05, 0) is 43.4 Å². The summed E-state index contributed by atoms with van der Waals surface area (Å²) in [5.41, 5.74) is 3.74. The van der Waals surface area contributed by atoms with Gasteiger partial charge in [0.1, 0.15) is 0 Å². The van der Waals surface area contributed by atoms with E-state index in [2.05, 4.69) is 49.2 Å². The fourth-order valence-corrected chi connectivity index (χ4v) is 3.07. The molecule has 4 rings (SSSR count). The van der Waals surface area contributed by atoms with Crippen molar-refractivity contribution in [3.63, 3.8) is 0 Å².